The summed E-state index contributed by atoms with van der Waals surface area (Å²) in [5, 5.41) is 9.96. The van der Waals surface area contributed by atoms with Crippen molar-refractivity contribution in [2.24, 2.45) is 0 Å². The Labute approximate surface area is 147 Å². The van der Waals surface area contributed by atoms with Crippen molar-refractivity contribution < 1.29 is 4.79 Å². The number of hydrogen-bond donors (Lipinski definition) is 2. The molecule has 3 rings (SSSR count). The van der Waals surface area contributed by atoms with Gasteiger partial charge in [0.1, 0.15) is 0 Å². The van der Waals surface area contributed by atoms with E-state index in [0.29, 0.717) is 12.1 Å². The van der Waals surface area contributed by atoms with Gasteiger partial charge in [0.05, 0.1) is 17.5 Å². The number of nitrogens with zero attached hydrogens (tertiary/aromatic N) is 2. The number of likely N-dealkylation sites (N-methyl/N-ethyl adjacent to an activating group) is 1. The Hall–Kier alpha value is -3.08. The molecule has 3 aromatic rings. The van der Waals surface area contributed by atoms with Crippen LogP contribution in [0.5, 0.6) is 0 Å². The molecule has 1 heterocycles. The third-order valence-electron chi connectivity index (χ3n) is 4.33. The van der Waals surface area contributed by atoms with Gasteiger partial charge in [-0.1, -0.05) is 48.5 Å². The molecular weight excluding hydrogens is 312 g/mol. The first-order chi connectivity index (χ1) is 12.2. The van der Waals surface area contributed by atoms with Crippen LogP contribution in [0.3, 0.4) is 0 Å². The van der Waals surface area contributed by atoms with Crippen molar-refractivity contribution in [2.75, 3.05) is 18.5 Å². The molecule has 1 atom stereocenters. The van der Waals surface area contributed by atoms with Gasteiger partial charge in [0.25, 0.3) is 5.91 Å². The third-order valence-corrected chi connectivity index (χ3v) is 4.33. The molecule has 5 nitrogen and oxygen atoms in total. The number of anilines is 1. The molecule has 128 valence electrons. The van der Waals surface area contributed by atoms with Crippen LogP contribution in [0.25, 0.3) is 11.3 Å². The predicted molar refractivity (Wildman–Crippen MR) is 101 cm³/mol. The average molecular weight is 334 g/mol. The highest BCUT2D eigenvalue weighted by Gasteiger charge is 2.17. The number of carbonyl (C=O) groups excluding carboxylic acids is 1. The SMILES string of the molecule is CC(CNC(=O)c1cn[nH]c1-c1ccccc1)N(C)c1ccccc1. The van der Waals surface area contributed by atoms with E-state index in [1.54, 1.807) is 6.20 Å². The van der Waals surface area contributed by atoms with E-state index >= 15 is 0 Å². The van der Waals surface area contributed by atoms with E-state index in [9.17, 15) is 4.79 Å². The Kier molecular flexibility index (Phi) is 5.14. The summed E-state index contributed by atoms with van der Waals surface area (Å²) >= 11 is 0. The molecule has 1 unspecified atom stereocenters. The molecular formula is C20H22N4O. The molecule has 5 heteroatoms. The second kappa shape index (κ2) is 7.66. The second-order valence-electron chi connectivity index (χ2n) is 6.03. The van der Waals surface area contributed by atoms with Gasteiger partial charge in [-0.3, -0.25) is 9.89 Å². The average Bonchev–Trinajstić information content (AvgIpc) is 3.16. The van der Waals surface area contributed by atoms with Crippen LogP contribution in [0.2, 0.25) is 0 Å². The van der Waals surface area contributed by atoms with Crippen LogP contribution < -0.4 is 10.2 Å². The number of aromatic amines is 1. The van der Waals surface area contributed by atoms with Crippen LogP contribution >= 0.6 is 0 Å². The summed E-state index contributed by atoms with van der Waals surface area (Å²) in [4.78, 5) is 14.7. The van der Waals surface area contributed by atoms with Crippen LogP contribution in [0.4, 0.5) is 5.69 Å². The molecule has 0 saturated heterocycles. The number of nitrogens with one attached hydrogen (secondary N) is 2. The largest absolute Gasteiger partial charge is 0.370 e. The molecule has 25 heavy (non-hydrogen) atoms. The maximum atomic E-state index is 12.6. The highest BCUT2D eigenvalue weighted by atomic mass is 16.1. The standard InChI is InChI=1S/C20H22N4O/c1-15(24(2)17-11-7-4-8-12-17)13-21-20(25)18-14-22-23-19(18)16-9-5-3-6-10-16/h3-12,14-15H,13H2,1-2H3,(H,21,25)(H,22,23). The topological polar surface area (TPSA) is 61.0 Å². The monoisotopic (exact) mass is 334 g/mol. The zero-order chi connectivity index (χ0) is 17.6. The summed E-state index contributed by atoms with van der Waals surface area (Å²) in [6, 6.07) is 20.0. The van der Waals surface area contributed by atoms with E-state index in [-0.39, 0.29) is 11.9 Å². The van der Waals surface area contributed by atoms with Gasteiger partial charge in [0.15, 0.2) is 0 Å². The molecule has 0 aliphatic heterocycles. The van der Waals surface area contributed by atoms with Crippen LogP contribution in [-0.2, 0) is 0 Å². The molecule has 1 amide bonds. The fourth-order valence-corrected chi connectivity index (χ4v) is 2.67. The minimum absolute atomic E-state index is 0.124. The quantitative estimate of drug-likeness (QED) is 0.727. The maximum Gasteiger partial charge on any atom is 0.255 e. The van der Waals surface area contributed by atoms with Gasteiger partial charge >= 0.3 is 0 Å². The maximum absolute atomic E-state index is 12.6. The first-order valence-corrected chi connectivity index (χ1v) is 8.31. The first kappa shape index (κ1) is 16.8. The van der Waals surface area contributed by atoms with Gasteiger partial charge in [0, 0.05) is 30.9 Å². The molecule has 2 aromatic carbocycles. The summed E-state index contributed by atoms with van der Waals surface area (Å²) in [7, 11) is 2.03. The van der Waals surface area contributed by atoms with Crippen LogP contribution in [0, 0.1) is 0 Å². The number of carbonyl (C=O) groups is 1. The summed E-state index contributed by atoms with van der Waals surface area (Å²) in [6.45, 7) is 2.63. The van der Waals surface area contributed by atoms with E-state index in [2.05, 4.69) is 39.5 Å². The van der Waals surface area contributed by atoms with E-state index in [1.807, 2.05) is 55.6 Å². The van der Waals surface area contributed by atoms with E-state index in [4.69, 9.17) is 0 Å². The summed E-state index contributed by atoms with van der Waals surface area (Å²) < 4.78 is 0. The van der Waals surface area contributed by atoms with Crippen molar-refractivity contribution in [3.8, 4) is 11.3 Å². The second-order valence-corrected chi connectivity index (χ2v) is 6.03. The Balaban J connectivity index is 1.65. The first-order valence-electron chi connectivity index (χ1n) is 8.31. The Bertz CT molecular complexity index is 814. The van der Waals surface area contributed by atoms with Crippen molar-refractivity contribution in [3.05, 3.63) is 72.4 Å². The van der Waals surface area contributed by atoms with Crippen molar-refractivity contribution >= 4 is 11.6 Å². The number of para-hydroxylation sites is 1. The molecule has 0 aliphatic rings. The molecule has 0 radical (unpaired) electrons. The zero-order valence-electron chi connectivity index (χ0n) is 14.4. The number of hydrogen-bond acceptors (Lipinski definition) is 3. The van der Waals surface area contributed by atoms with E-state index < -0.39 is 0 Å². The smallest absolute Gasteiger partial charge is 0.255 e. The van der Waals surface area contributed by atoms with Crippen molar-refractivity contribution in [1.82, 2.24) is 15.5 Å². The number of H-pyrrole nitrogens is 1. The number of benzene rings is 2. The van der Waals surface area contributed by atoms with E-state index in [1.165, 1.54) is 0 Å². The van der Waals surface area contributed by atoms with Crippen LogP contribution in [0.1, 0.15) is 17.3 Å². The molecule has 0 aliphatic carbocycles. The molecule has 2 N–H and O–H groups in total. The van der Waals surface area contributed by atoms with Gasteiger partial charge < -0.3 is 10.2 Å². The molecule has 0 saturated carbocycles. The lowest BCUT2D eigenvalue weighted by Gasteiger charge is -2.27. The molecule has 0 spiro atoms. The van der Waals surface area contributed by atoms with Crippen molar-refractivity contribution in [1.29, 1.82) is 0 Å². The highest BCUT2D eigenvalue weighted by molar-refractivity contribution is 5.99. The van der Waals surface area contributed by atoms with Crippen LogP contribution in [-0.4, -0.2) is 35.7 Å². The van der Waals surface area contributed by atoms with Crippen molar-refractivity contribution in [2.45, 2.75) is 13.0 Å². The molecule has 0 bridgehead atoms. The van der Waals surface area contributed by atoms with E-state index in [0.717, 1.165) is 16.9 Å². The van der Waals surface area contributed by atoms with Gasteiger partial charge in [-0.05, 0) is 19.1 Å². The normalized spacial score (nSPS) is 11.8. The minimum Gasteiger partial charge on any atom is -0.370 e. The van der Waals surface area contributed by atoms with Gasteiger partial charge in [-0.15, -0.1) is 0 Å². The lowest BCUT2D eigenvalue weighted by Crippen LogP contribution is -2.40. The number of amides is 1. The summed E-state index contributed by atoms with van der Waals surface area (Å²) in [5.74, 6) is -0.124. The molecule has 1 aromatic heterocycles. The fourth-order valence-electron chi connectivity index (χ4n) is 2.67. The van der Waals surface area contributed by atoms with Crippen molar-refractivity contribution in [3.63, 3.8) is 0 Å². The Morgan fingerprint density at radius 1 is 1.12 bits per heavy atom. The summed E-state index contributed by atoms with van der Waals surface area (Å²) in [6.07, 6.45) is 1.57. The number of rotatable bonds is 6. The van der Waals surface area contributed by atoms with Crippen LogP contribution in [0.15, 0.2) is 66.9 Å². The lowest BCUT2D eigenvalue weighted by atomic mass is 10.1. The Morgan fingerprint density at radius 2 is 1.76 bits per heavy atom. The zero-order valence-corrected chi connectivity index (χ0v) is 14.4. The fraction of sp³-hybridized carbons (Fsp3) is 0.200. The lowest BCUT2D eigenvalue weighted by molar-refractivity contribution is 0.0952. The van der Waals surface area contributed by atoms with Gasteiger partial charge in [-0.25, -0.2) is 0 Å². The Morgan fingerprint density at radius 3 is 2.44 bits per heavy atom. The van der Waals surface area contributed by atoms with Gasteiger partial charge in [-0.2, -0.15) is 5.10 Å². The van der Waals surface area contributed by atoms with Gasteiger partial charge in [0.2, 0.25) is 0 Å². The molecule has 0 fully saturated rings. The minimum atomic E-state index is -0.124. The highest BCUT2D eigenvalue weighted by Crippen LogP contribution is 2.20. The predicted octanol–water partition coefficient (Wildman–Crippen LogP) is 3.33. The summed E-state index contributed by atoms with van der Waals surface area (Å²) in [5.41, 5.74) is 3.36. The number of aromatic nitrogens is 2. The third kappa shape index (κ3) is 3.88.